The summed E-state index contributed by atoms with van der Waals surface area (Å²) in [6.07, 6.45) is 3.40. The van der Waals surface area contributed by atoms with Gasteiger partial charge in [0.25, 0.3) is 0 Å². The SMILES string of the molecule is C[C@@H]1CC[C@H]2[C@@H](C)C(=O)N(NCc3ccccc3)[C@@H]3O[C@@]4(C)CC[C@@H]1[C@@]23OO4. The van der Waals surface area contributed by atoms with Gasteiger partial charge in [0, 0.05) is 24.8 Å². The fourth-order valence-electron chi connectivity index (χ4n) is 5.99. The largest absolute Gasteiger partial charge is 0.319 e. The maximum absolute atomic E-state index is 13.4. The lowest BCUT2D eigenvalue weighted by Gasteiger charge is -2.61. The average molecular weight is 386 g/mol. The van der Waals surface area contributed by atoms with Gasteiger partial charge in [0.05, 0.1) is 0 Å². The van der Waals surface area contributed by atoms with Gasteiger partial charge >= 0.3 is 0 Å². The lowest BCUT2D eigenvalue weighted by molar-refractivity contribution is -0.549. The lowest BCUT2D eigenvalue weighted by Crippen LogP contribution is -2.76. The van der Waals surface area contributed by atoms with Gasteiger partial charge in [-0.2, -0.15) is 0 Å². The Morgan fingerprint density at radius 2 is 1.89 bits per heavy atom. The molecular weight excluding hydrogens is 356 g/mol. The van der Waals surface area contributed by atoms with Crippen LogP contribution in [0.1, 0.15) is 52.0 Å². The highest BCUT2D eigenvalue weighted by Gasteiger charge is 2.70. The van der Waals surface area contributed by atoms with Crippen molar-refractivity contribution >= 4 is 5.91 Å². The van der Waals surface area contributed by atoms with E-state index in [1.54, 1.807) is 5.01 Å². The molecule has 6 rings (SSSR count). The van der Waals surface area contributed by atoms with E-state index in [2.05, 4.69) is 24.5 Å². The van der Waals surface area contributed by atoms with Crippen molar-refractivity contribution < 1.29 is 19.3 Å². The van der Waals surface area contributed by atoms with Crippen molar-refractivity contribution in [1.29, 1.82) is 0 Å². The summed E-state index contributed by atoms with van der Waals surface area (Å²) >= 11 is 0. The summed E-state index contributed by atoms with van der Waals surface area (Å²) in [5.74, 6) is 0.0859. The van der Waals surface area contributed by atoms with Crippen molar-refractivity contribution in [3.8, 4) is 0 Å². The minimum absolute atomic E-state index is 0.0876. The molecule has 1 aliphatic carbocycles. The molecule has 0 radical (unpaired) electrons. The first kappa shape index (κ1) is 18.6. The standard InChI is InChI=1S/C22H30N2O4/c1-14-9-10-18-15(2)19(25)24(23-13-16-7-5-4-6-8-16)20-22(18)17(14)11-12-21(3,26-20)27-28-22/h4-8,14-15,17-18,20,23H,9-13H2,1-3H3/t14-,15-,17+,18+,20-,21-,22-/m1/s1. The number of hydrogen-bond donors (Lipinski definition) is 1. The first-order valence-electron chi connectivity index (χ1n) is 10.6. The minimum atomic E-state index is -0.814. The molecule has 2 bridgehead atoms. The number of fused-ring (bicyclic) bond motifs is 2. The molecule has 4 aliphatic heterocycles. The van der Waals surface area contributed by atoms with E-state index in [4.69, 9.17) is 14.5 Å². The molecule has 7 atom stereocenters. The number of nitrogens with zero attached hydrogens (tertiary/aromatic N) is 1. The van der Waals surface area contributed by atoms with Gasteiger partial charge in [-0.3, -0.25) is 4.79 Å². The second-order valence-electron chi connectivity index (χ2n) is 9.25. The molecule has 4 heterocycles. The van der Waals surface area contributed by atoms with Crippen LogP contribution in [0.5, 0.6) is 0 Å². The summed E-state index contributed by atoms with van der Waals surface area (Å²) in [5, 5.41) is 1.71. The Hall–Kier alpha value is -1.47. The molecule has 152 valence electrons. The van der Waals surface area contributed by atoms with Gasteiger partial charge in [-0.15, -0.1) is 0 Å². The molecule has 5 aliphatic rings. The number of rotatable bonds is 3. The number of amides is 1. The first-order valence-corrected chi connectivity index (χ1v) is 10.6. The van der Waals surface area contributed by atoms with E-state index >= 15 is 0 Å². The second-order valence-corrected chi connectivity index (χ2v) is 9.25. The van der Waals surface area contributed by atoms with Crippen molar-refractivity contribution in [1.82, 2.24) is 10.4 Å². The molecule has 1 spiro atoms. The zero-order chi connectivity index (χ0) is 19.5. The number of piperidine rings is 1. The van der Waals surface area contributed by atoms with Gasteiger partial charge in [0.15, 0.2) is 11.8 Å². The van der Waals surface area contributed by atoms with Crippen molar-refractivity contribution in [2.75, 3.05) is 0 Å². The molecule has 5 fully saturated rings. The Kier molecular flexibility index (Phi) is 4.32. The molecule has 1 N–H and O–H groups in total. The number of hydrazine groups is 1. The highest BCUT2D eigenvalue weighted by molar-refractivity contribution is 5.80. The van der Waals surface area contributed by atoms with Crippen LogP contribution < -0.4 is 5.43 Å². The van der Waals surface area contributed by atoms with Crippen molar-refractivity contribution in [2.45, 2.75) is 70.6 Å². The summed E-state index contributed by atoms with van der Waals surface area (Å²) in [6.45, 7) is 6.83. The van der Waals surface area contributed by atoms with Crippen LogP contribution >= 0.6 is 0 Å². The zero-order valence-electron chi connectivity index (χ0n) is 16.9. The van der Waals surface area contributed by atoms with Crippen molar-refractivity contribution in [3.63, 3.8) is 0 Å². The van der Waals surface area contributed by atoms with Crippen LogP contribution in [-0.4, -0.2) is 28.5 Å². The Morgan fingerprint density at radius 3 is 2.68 bits per heavy atom. The second kappa shape index (κ2) is 6.52. The Morgan fingerprint density at radius 1 is 1.11 bits per heavy atom. The fraction of sp³-hybridized carbons (Fsp3) is 0.682. The predicted molar refractivity (Wildman–Crippen MR) is 102 cm³/mol. The smallest absolute Gasteiger partial charge is 0.242 e. The molecule has 28 heavy (non-hydrogen) atoms. The van der Waals surface area contributed by atoms with Gasteiger partial charge in [-0.1, -0.05) is 44.2 Å². The number of carbonyl (C=O) groups excluding carboxylic acids is 1. The van der Waals surface area contributed by atoms with E-state index < -0.39 is 17.6 Å². The highest BCUT2D eigenvalue weighted by Crippen LogP contribution is 2.60. The summed E-state index contributed by atoms with van der Waals surface area (Å²) < 4.78 is 6.49. The Labute approximate surface area is 166 Å². The molecule has 0 unspecified atom stereocenters. The molecule has 6 nitrogen and oxygen atoms in total. The Bertz CT molecular complexity index is 758. The third kappa shape index (κ3) is 2.58. The quantitative estimate of drug-likeness (QED) is 0.807. The maximum atomic E-state index is 13.4. The van der Waals surface area contributed by atoms with Crippen molar-refractivity contribution in [2.24, 2.45) is 23.7 Å². The summed E-state index contributed by atoms with van der Waals surface area (Å²) in [4.78, 5) is 25.5. The Balaban J connectivity index is 1.53. The lowest BCUT2D eigenvalue weighted by atomic mass is 9.57. The zero-order valence-corrected chi connectivity index (χ0v) is 16.9. The monoisotopic (exact) mass is 386 g/mol. The summed E-state index contributed by atoms with van der Waals surface area (Å²) in [5.41, 5.74) is 3.89. The number of benzene rings is 1. The summed E-state index contributed by atoms with van der Waals surface area (Å²) in [6, 6.07) is 10.1. The molecule has 4 saturated heterocycles. The van der Waals surface area contributed by atoms with Gasteiger partial charge < -0.3 is 4.74 Å². The van der Waals surface area contributed by atoms with Crippen LogP contribution in [0.2, 0.25) is 0 Å². The van der Waals surface area contributed by atoms with Crippen LogP contribution in [0, 0.1) is 23.7 Å². The number of ether oxygens (including phenoxy) is 1. The highest BCUT2D eigenvalue weighted by atomic mass is 17.3. The van der Waals surface area contributed by atoms with E-state index in [0.717, 1.165) is 31.2 Å². The van der Waals surface area contributed by atoms with Crippen LogP contribution in [0.3, 0.4) is 0 Å². The van der Waals surface area contributed by atoms with Crippen LogP contribution in [0.4, 0.5) is 0 Å². The van der Waals surface area contributed by atoms with E-state index in [1.165, 1.54) is 0 Å². The van der Waals surface area contributed by atoms with Crippen LogP contribution in [0.25, 0.3) is 0 Å². The average Bonchev–Trinajstić information content (AvgIpc) is 2.93. The minimum Gasteiger partial charge on any atom is -0.319 e. The maximum Gasteiger partial charge on any atom is 0.242 e. The van der Waals surface area contributed by atoms with Gasteiger partial charge in [0.2, 0.25) is 11.7 Å². The normalized spacial score (nSPS) is 44.9. The van der Waals surface area contributed by atoms with Crippen LogP contribution in [0.15, 0.2) is 30.3 Å². The molecule has 1 saturated carbocycles. The molecule has 1 aromatic carbocycles. The van der Waals surface area contributed by atoms with Gasteiger partial charge in [-0.25, -0.2) is 20.2 Å². The fourth-order valence-corrected chi connectivity index (χ4v) is 5.99. The molecule has 1 amide bonds. The summed E-state index contributed by atoms with van der Waals surface area (Å²) in [7, 11) is 0. The molecule has 6 heteroatoms. The van der Waals surface area contributed by atoms with Crippen LogP contribution in [-0.2, 0) is 25.9 Å². The van der Waals surface area contributed by atoms with Gasteiger partial charge in [0.1, 0.15) is 0 Å². The topological polar surface area (TPSA) is 60.0 Å². The molecule has 1 aromatic rings. The van der Waals surface area contributed by atoms with Gasteiger partial charge in [-0.05, 0) is 43.6 Å². The number of hydrogen-bond acceptors (Lipinski definition) is 5. The molecular formula is C22H30N2O4. The van der Waals surface area contributed by atoms with E-state index in [0.29, 0.717) is 18.4 Å². The van der Waals surface area contributed by atoms with E-state index in [-0.39, 0.29) is 17.7 Å². The number of nitrogens with one attached hydrogen (secondary N) is 1. The van der Waals surface area contributed by atoms with Crippen molar-refractivity contribution in [3.05, 3.63) is 35.9 Å². The third-order valence-electron chi connectivity index (χ3n) is 7.56. The third-order valence-corrected chi connectivity index (χ3v) is 7.56. The van der Waals surface area contributed by atoms with E-state index in [1.807, 2.05) is 32.0 Å². The van der Waals surface area contributed by atoms with E-state index in [9.17, 15) is 4.79 Å². The molecule has 0 aromatic heterocycles. The first-order chi connectivity index (χ1) is 13.4. The predicted octanol–water partition coefficient (Wildman–Crippen LogP) is 3.39. The number of carbonyl (C=O) groups is 1.